The summed E-state index contributed by atoms with van der Waals surface area (Å²) < 4.78 is 17.0. The average molecular weight is 460 g/mol. The van der Waals surface area contributed by atoms with Crippen molar-refractivity contribution in [2.24, 2.45) is 0 Å². The molecule has 0 bridgehead atoms. The van der Waals surface area contributed by atoms with Crippen LogP contribution in [0.5, 0.6) is 5.75 Å². The Morgan fingerprint density at radius 2 is 1.59 bits per heavy atom. The summed E-state index contributed by atoms with van der Waals surface area (Å²) in [5.41, 5.74) is 3.69. The predicted octanol–water partition coefficient (Wildman–Crippen LogP) is 5.82. The van der Waals surface area contributed by atoms with E-state index in [-0.39, 0.29) is 17.6 Å². The van der Waals surface area contributed by atoms with Crippen molar-refractivity contribution in [1.82, 2.24) is 0 Å². The van der Waals surface area contributed by atoms with Crippen molar-refractivity contribution in [3.05, 3.63) is 95.1 Å². The van der Waals surface area contributed by atoms with E-state index in [1.807, 2.05) is 74.5 Å². The third-order valence-corrected chi connectivity index (χ3v) is 5.79. The van der Waals surface area contributed by atoms with Gasteiger partial charge in [-0.3, -0.25) is 9.59 Å². The fourth-order valence-corrected chi connectivity index (χ4v) is 4.43. The maximum Gasteiger partial charge on any atom is 0.308 e. The first-order chi connectivity index (χ1) is 16.5. The Bertz CT molecular complexity index is 1150. The maximum atomic E-state index is 14.0. The zero-order valence-electron chi connectivity index (χ0n) is 19.6. The van der Waals surface area contributed by atoms with Crippen molar-refractivity contribution < 1.29 is 23.8 Å². The lowest BCUT2D eigenvalue weighted by molar-refractivity contribution is -0.140. The minimum absolute atomic E-state index is 0.110. The lowest BCUT2D eigenvalue weighted by Crippen LogP contribution is -2.32. The lowest BCUT2D eigenvalue weighted by atomic mass is 9.77. The third kappa shape index (κ3) is 4.88. The molecule has 1 N–H and O–H groups in total. The first-order valence-electron chi connectivity index (χ1n) is 11.5. The van der Waals surface area contributed by atoms with Gasteiger partial charge in [0.25, 0.3) is 0 Å². The Hall–Kier alpha value is -3.48. The molecular formula is C28H29NO5. The number of anilines is 1. The van der Waals surface area contributed by atoms with E-state index in [0.29, 0.717) is 24.5 Å². The van der Waals surface area contributed by atoms with Gasteiger partial charge in [-0.2, -0.15) is 0 Å². The number of ether oxygens (including phenoxy) is 3. The zero-order valence-corrected chi connectivity index (χ0v) is 19.6. The monoisotopic (exact) mass is 459 g/mol. The number of ketones is 1. The molecule has 34 heavy (non-hydrogen) atoms. The molecule has 1 aliphatic rings. The number of Topliss-reactive ketones (excluding diaryl/α,β-unsaturated/α-hetero) is 1. The summed E-state index contributed by atoms with van der Waals surface area (Å²) in [4.78, 5) is 25.7. The Morgan fingerprint density at radius 3 is 2.26 bits per heavy atom. The van der Waals surface area contributed by atoms with Crippen molar-refractivity contribution in [2.75, 3.05) is 18.5 Å². The Morgan fingerprint density at radius 1 is 0.912 bits per heavy atom. The van der Waals surface area contributed by atoms with Gasteiger partial charge in [0.1, 0.15) is 5.75 Å². The molecule has 3 aromatic carbocycles. The molecule has 2 unspecified atom stereocenters. The zero-order chi connectivity index (χ0) is 24.1. The van der Waals surface area contributed by atoms with Crippen LogP contribution in [0.25, 0.3) is 0 Å². The lowest BCUT2D eigenvalue weighted by Gasteiger charge is -2.35. The van der Waals surface area contributed by atoms with E-state index in [9.17, 15) is 9.59 Å². The van der Waals surface area contributed by atoms with Crippen LogP contribution in [0, 0.1) is 0 Å². The second-order valence-electron chi connectivity index (χ2n) is 8.06. The van der Waals surface area contributed by atoms with E-state index in [1.54, 1.807) is 12.1 Å². The number of benzene rings is 3. The molecule has 6 heteroatoms. The van der Waals surface area contributed by atoms with Crippen LogP contribution in [0.3, 0.4) is 0 Å². The fourth-order valence-electron chi connectivity index (χ4n) is 4.43. The van der Waals surface area contributed by atoms with Crippen LogP contribution in [-0.4, -0.2) is 25.0 Å². The summed E-state index contributed by atoms with van der Waals surface area (Å²) in [6.45, 7) is 6.18. The van der Waals surface area contributed by atoms with Crippen LogP contribution in [0.1, 0.15) is 66.1 Å². The largest absolute Gasteiger partial charge is 0.426 e. The van der Waals surface area contributed by atoms with Crippen molar-refractivity contribution in [1.29, 1.82) is 0 Å². The number of esters is 1. The van der Waals surface area contributed by atoms with E-state index < -0.39 is 18.2 Å². The van der Waals surface area contributed by atoms with E-state index in [2.05, 4.69) is 5.32 Å². The van der Waals surface area contributed by atoms with Gasteiger partial charge in [-0.1, -0.05) is 54.6 Å². The van der Waals surface area contributed by atoms with Crippen LogP contribution >= 0.6 is 0 Å². The van der Waals surface area contributed by atoms with Gasteiger partial charge in [-0.15, -0.1) is 0 Å². The van der Waals surface area contributed by atoms with Crippen molar-refractivity contribution in [3.63, 3.8) is 0 Å². The third-order valence-electron chi connectivity index (χ3n) is 5.79. The van der Waals surface area contributed by atoms with Crippen LogP contribution < -0.4 is 10.1 Å². The molecule has 6 nitrogen and oxygen atoms in total. The van der Waals surface area contributed by atoms with Gasteiger partial charge >= 0.3 is 5.97 Å². The van der Waals surface area contributed by atoms with E-state index in [4.69, 9.17) is 14.2 Å². The van der Waals surface area contributed by atoms with Crippen LogP contribution in [0.4, 0.5) is 5.69 Å². The fraction of sp³-hybridized carbons (Fsp3) is 0.286. The molecule has 1 aliphatic heterocycles. The molecule has 1 heterocycles. The van der Waals surface area contributed by atoms with Gasteiger partial charge in [-0.05, 0) is 43.2 Å². The minimum atomic E-state index is -0.546. The van der Waals surface area contributed by atoms with Crippen molar-refractivity contribution in [3.8, 4) is 5.75 Å². The summed E-state index contributed by atoms with van der Waals surface area (Å²) in [6, 6.07) is 22.6. The van der Waals surface area contributed by atoms with Gasteiger partial charge in [0.05, 0.1) is 17.5 Å². The first kappa shape index (κ1) is 23.7. The highest BCUT2D eigenvalue weighted by atomic mass is 16.7. The number of rotatable bonds is 8. The average Bonchev–Trinajstić information content (AvgIpc) is 2.84. The SMILES string of the molecule is CCOC(OCC)c1cccc(C2C(=O)c3c(cccc3OC(C)=O)NC2c2ccccc2)c1. The Kier molecular flexibility index (Phi) is 7.40. The van der Waals surface area contributed by atoms with E-state index >= 15 is 0 Å². The van der Waals surface area contributed by atoms with Gasteiger partial charge in [0.15, 0.2) is 12.1 Å². The number of carbonyl (C=O) groups excluding carboxylic acids is 2. The van der Waals surface area contributed by atoms with Gasteiger partial charge in [0.2, 0.25) is 0 Å². The number of hydrogen-bond donors (Lipinski definition) is 1. The van der Waals surface area contributed by atoms with Gasteiger partial charge in [-0.25, -0.2) is 0 Å². The molecule has 0 fully saturated rings. The van der Waals surface area contributed by atoms with Crippen LogP contribution in [0.15, 0.2) is 72.8 Å². The highest BCUT2D eigenvalue weighted by molar-refractivity contribution is 6.10. The molecule has 0 aliphatic carbocycles. The molecule has 3 aromatic rings. The standard InChI is InChI=1S/C28H29NO5/c1-4-32-28(33-5-2)21-14-9-13-20(17-21)24-26(19-11-7-6-8-12-19)29-22-15-10-16-23(34-18(3)30)25(22)27(24)31/h6-17,24,26,28-29H,4-5H2,1-3H3. The summed E-state index contributed by atoms with van der Waals surface area (Å²) >= 11 is 0. The van der Waals surface area contributed by atoms with Crippen LogP contribution in [0.2, 0.25) is 0 Å². The van der Waals surface area contributed by atoms with Crippen molar-refractivity contribution >= 4 is 17.4 Å². The topological polar surface area (TPSA) is 73.9 Å². The normalized spacial score (nSPS) is 17.2. The summed E-state index contributed by atoms with van der Waals surface area (Å²) in [5, 5.41) is 3.53. The molecule has 176 valence electrons. The number of nitrogens with one attached hydrogen (secondary N) is 1. The summed E-state index contributed by atoms with van der Waals surface area (Å²) in [5.74, 6) is -0.866. The molecule has 2 atom stereocenters. The number of hydrogen-bond acceptors (Lipinski definition) is 6. The molecular weight excluding hydrogens is 430 g/mol. The molecule has 0 aromatic heterocycles. The number of fused-ring (bicyclic) bond motifs is 1. The Labute approximate surface area is 199 Å². The highest BCUT2D eigenvalue weighted by Crippen LogP contribution is 2.45. The van der Waals surface area contributed by atoms with Gasteiger partial charge < -0.3 is 19.5 Å². The smallest absolute Gasteiger partial charge is 0.308 e. The Balaban J connectivity index is 1.83. The molecule has 4 rings (SSSR count). The van der Waals surface area contributed by atoms with Gasteiger partial charge in [0, 0.05) is 31.4 Å². The molecule has 0 spiro atoms. The number of carbonyl (C=O) groups is 2. The molecule has 0 saturated heterocycles. The second kappa shape index (κ2) is 10.6. The quantitative estimate of drug-likeness (QED) is 0.260. The van der Waals surface area contributed by atoms with E-state index in [1.165, 1.54) is 6.92 Å². The molecule has 0 amide bonds. The second-order valence-corrected chi connectivity index (χ2v) is 8.06. The minimum Gasteiger partial charge on any atom is -0.426 e. The first-order valence-corrected chi connectivity index (χ1v) is 11.5. The maximum absolute atomic E-state index is 14.0. The van der Waals surface area contributed by atoms with Crippen LogP contribution in [-0.2, 0) is 14.3 Å². The van der Waals surface area contributed by atoms with E-state index in [0.717, 1.165) is 16.7 Å². The molecule has 0 radical (unpaired) electrons. The predicted molar refractivity (Wildman–Crippen MR) is 130 cm³/mol. The molecule has 0 saturated carbocycles. The highest BCUT2D eigenvalue weighted by Gasteiger charge is 2.39. The van der Waals surface area contributed by atoms with Crippen molar-refractivity contribution in [2.45, 2.75) is 39.0 Å². The summed E-state index contributed by atoms with van der Waals surface area (Å²) in [7, 11) is 0. The summed E-state index contributed by atoms with van der Waals surface area (Å²) in [6.07, 6.45) is -0.513.